The number of rotatable bonds is 5. The van der Waals surface area contributed by atoms with Crippen molar-refractivity contribution in [2.75, 3.05) is 18.4 Å². The van der Waals surface area contributed by atoms with Crippen LogP contribution in [-0.4, -0.2) is 31.1 Å². The standard InChI is InChI=1S/C19H21N3O3/c1-13-5-4-7-15(9-13)22-19(24)21-12-18(23)20-11-16-10-14-6-2-3-8-17(14)25-16/h2-9,16H,10-12H2,1H3,(H,20,23)(H2,21,22,24)/t16-/m1/s1. The van der Waals surface area contributed by atoms with Crippen molar-refractivity contribution in [3.8, 4) is 5.75 Å². The Kier molecular flexibility index (Phi) is 5.18. The maximum Gasteiger partial charge on any atom is 0.319 e. The number of para-hydroxylation sites is 1. The molecule has 130 valence electrons. The predicted molar refractivity (Wildman–Crippen MR) is 95.8 cm³/mol. The summed E-state index contributed by atoms with van der Waals surface area (Å²) in [6.45, 7) is 2.27. The zero-order chi connectivity index (χ0) is 17.6. The first-order chi connectivity index (χ1) is 12.1. The lowest BCUT2D eigenvalue weighted by Gasteiger charge is -2.12. The molecule has 0 fully saturated rings. The Morgan fingerprint density at radius 2 is 1.96 bits per heavy atom. The lowest BCUT2D eigenvalue weighted by molar-refractivity contribution is -0.120. The first-order valence-corrected chi connectivity index (χ1v) is 8.23. The van der Waals surface area contributed by atoms with Crippen molar-refractivity contribution in [3.05, 3.63) is 59.7 Å². The maximum atomic E-state index is 11.9. The zero-order valence-corrected chi connectivity index (χ0v) is 14.0. The second-order valence-electron chi connectivity index (χ2n) is 6.03. The summed E-state index contributed by atoms with van der Waals surface area (Å²) in [5.41, 5.74) is 2.89. The van der Waals surface area contributed by atoms with Crippen LogP contribution in [0.4, 0.5) is 10.5 Å². The molecule has 0 saturated carbocycles. The van der Waals surface area contributed by atoms with Crippen LogP contribution >= 0.6 is 0 Å². The van der Waals surface area contributed by atoms with Gasteiger partial charge in [0, 0.05) is 12.1 Å². The molecular formula is C19H21N3O3. The monoisotopic (exact) mass is 339 g/mol. The summed E-state index contributed by atoms with van der Waals surface area (Å²) < 4.78 is 5.76. The molecule has 0 saturated heterocycles. The van der Waals surface area contributed by atoms with Gasteiger partial charge in [-0.05, 0) is 36.2 Å². The van der Waals surface area contributed by atoms with E-state index in [2.05, 4.69) is 16.0 Å². The quantitative estimate of drug-likeness (QED) is 0.782. The SMILES string of the molecule is Cc1cccc(NC(=O)NCC(=O)NC[C@H]2Cc3ccccc3O2)c1. The molecule has 2 aromatic carbocycles. The van der Waals surface area contributed by atoms with Crippen LogP contribution in [0.25, 0.3) is 0 Å². The predicted octanol–water partition coefficient (Wildman–Crippen LogP) is 2.24. The maximum absolute atomic E-state index is 11.9. The molecular weight excluding hydrogens is 318 g/mol. The molecule has 1 aliphatic heterocycles. The van der Waals surface area contributed by atoms with Gasteiger partial charge in [0.1, 0.15) is 11.9 Å². The van der Waals surface area contributed by atoms with Crippen LogP contribution in [0.2, 0.25) is 0 Å². The van der Waals surface area contributed by atoms with Gasteiger partial charge in [-0.2, -0.15) is 0 Å². The van der Waals surface area contributed by atoms with Crippen molar-refractivity contribution in [2.24, 2.45) is 0 Å². The van der Waals surface area contributed by atoms with E-state index in [-0.39, 0.29) is 18.6 Å². The number of ether oxygens (including phenoxy) is 1. The molecule has 0 bridgehead atoms. The fraction of sp³-hybridized carbons (Fsp3) is 0.263. The van der Waals surface area contributed by atoms with Gasteiger partial charge in [-0.1, -0.05) is 30.3 Å². The Morgan fingerprint density at radius 3 is 2.76 bits per heavy atom. The van der Waals surface area contributed by atoms with E-state index in [9.17, 15) is 9.59 Å². The van der Waals surface area contributed by atoms with Crippen molar-refractivity contribution in [3.63, 3.8) is 0 Å². The first kappa shape index (κ1) is 16.8. The lowest BCUT2D eigenvalue weighted by atomic mass is 10.1. The van der Waals surface area contributed by atoms with Crippen molar-refractivity contribution >= 4 is 17.6 Å². The highest BCUT2D eigenvalue weighted by Gasteiger charge is 2.22. The lowest BCUT2D eigenvalue weighted by Crippen LogP contribution is -2.42. The van der Waals surface area contributed by atoms with E-state index in [1.54, 1.807) is 6.07 Å². The average molecular weight is 339 g/mol. The smallest absolute Gasteiger partial charge is 0.319 e. The molecule has 1 aliphatic rings. The molecule has 0 spiro atoms. The Hall–Kier alpha value is -3.02. The summed E-state index contributed by atoms with van der Waals surface area (Å²) in [6, 6.07) is 14.9. The number of amides is 3. The third kappa shape index (κ3) is 4.73. The number of benzene rings is 2. The number of anilines is 1. The fourth-order valence-electron chi connectivity index (χ4n) is 2.72. The minimum atomic E-state index is -0.412. The summed E-state index contributed by atoms with van der Waals surface area (Å²) in [4.78, 5) is 23.7. The molecule has 25 heavy (non-hydrogen) atoms. The molecule has 3 amide bonds. The number of nitrogens with one attached hydrogen (secondary N) is 3. The van der Waals surface area contributed by atoms with E-state index < -0.39 is 6.03 Å². The molecule has 0 unspecified atom stereocenters. The summed E-state index contributed by atoms with van der Waals surface area (Å²) in [6.07, 6.45) is 0.708. The van der Waals surface area contributed by atoms with Gasteiger partial charge in [-0.3, -0.25) is 4.79 Å². The van der Waals surface area contributed by atoms with E-state index in [1.807, 2.05) is 49.4 Å². The zero-order valence-electron chi connectivity index (χ0n) is 14.0. The van der Waals surface area contributed by atoms with Crippen LogP contribution in [0.1, 0.15) is 11.1 Å². The van der Waals surface area contributed by atoms with E-state index in [0.717, 1.165) is 23.3 Å². The van der Waals surface area contributed by atoms with Gasteiger partial charge in [0.25, 0.3) is 0 Å². The molecule has 0 radical (unpaired) electrons. The van der Waals surface area contributed by atoms with Crippen molar-refractivity contribution < 1.29 is 14.3 Å². The highest BCUT2D eigenvalue weighted by atomic mass is 16.5. The van der Waals surface area contributed by atoms with E-state index in [1.165, 1.54) is 0 Å². The molecule has 3 rings (SSSR count). The number of hydrogen-bond donors (Lipinski definition) is 3. The van der Waals surface area contributed by atoms with Crippen molar-refractivity contribution in [2.45, 2.75) is 19.4 Å². The van der Waals surface area contributed by atoms with Gasteiger partial charge < -0.3 is 20.7 Å². The first-order valence-electron chi connectivity index (χ1n) is 8.23. The van der Waals surface area contributed by atoms with Crippen LogP contribution in [0.5, 0.6) is 5.75 Å². The molecule has 0 aromatic heterocycles. The molecule has 1 heterocycles. The highest BCUT2D eigenvalue weighted by Crippen LogP contribution is 2.27. The van der Waals surface area contributed by atoms with Crippen molar-refractivity contribution in [1.82, 2.24) is 10.6 Å². The van der Waals surface area contributed by atoms with Crippen LogP contribution in [0, 0.1) is 6.92 Å². The number of fused-ring (bicyclic) bond motifs is 1. The van der Waals surface area contributed by atoms with E-state index >= 15 is 0 Å². The minimum Gasteiger partial charge on any atom is -0.488 e. The van der Waals surface area contributed by atoms with Crippen LogP contribution in [0.15, 0.2) is 48.5 Å². The minimum absolute atomic E-state index is 0.0672. The number of carbonyl (C=O) groups is 2. The highest BCUT2D eigenvalue weighted by molar-refractivity contribution is 5.92. The molecule has 6 heteroatoms. The Balaban J connectivity index is 1.36. The second-order valence-corrected chi connectivity index (χ2v) is 6.03. The van der Waals surface area contributed by atoms with Crippen LogP contribution in [-0.2, 0) is 11.2 Å². The number of aryl methyl sites for hydroxylation is 1. The number of carbonyl (C=O) groups excluding carboxylic acids is 2. The summed E-state index contributed by atoms with van der Waals surface area (Å²) in [5, 5.41) is 8.01. The average Bonchev–Trinajstić information content (AvgIpc) is 3.01. The Bertz CT molecular complexity index is 751. The number of hydrogen-bond acceptors (Lipinski definition) is 3. The molecule has 2 aromatic rings. The summed E-state index contributed by atoms with van der Waals surface area (Å²) in [7, 11) is 0. The van der Waals surface area contributed by atoms with Crippen molar-refractivity contribution in [1.29, 1.82) is 0 Å². The van der Waals surface area contributed by atoms with Crippen LogP contribution < -0.4 is 20.7 Å². The topological polar surface area (TPSA) is 79.5 Å². The van der Waals surface area contributed by atoms with Gasteiger partial charge in [-0.15, -0.1) is 0 Å². The second kappa shape index (κ2) is 7.70. The summed E-state index contributed by atoms with van der Waals surface area (Å²) in [5.74, 6) is 0.622. The third-order valence-electron chi connectivity index (χ3n) is 3.93. The molecule has 1 atom stereocenters. The van der Waals surface area contributed by atoms with E-state index in [4.69, 9.17) is 4.74 Å². The van der Waals surface area contributed by atoms with Gasteiger partial charge >= 0.3 is 6.03 Å². The van der Waals surface area contributed by atoms with Crippen LogP contribution in [0.3, 0.4) is 0 Å². The number of urea groups is 1. The van der Waals surface area contributed by atoms with Gasteiger partial charge in [-0.25, -0.2) is 4.79 Å². The third-order valence-corrected chi connectivity index (χ3v) is 3.93. The molecule has 3 N–H and O–H groups in total. The Labute approximate surface area is 146 Å². The Morgan fingerprint density at radius 1 is 1.12 bits per heavy atom. The van der Waals surface area contributed by atoms with Gasteiger partial charge in [0.15, 0.2) is 0 Å². The largest absolute Gasteiger partial charge is 0.488 e. The normalized spacial score (nSPS) is 15.0. The summed E-state index contributed by atoms with van der Waals surface area (Å²) >= 11 is 0. The van der Waals surface area contributed by atoms with Gasteiger partial charge in [0.2, 0.25) is 5.91 Å². The molecule has 6 nitrogen and oxygen atoms in total. The molecule has 0 aliphatic carbocycles. The van der Waals surface area contributed by atoms with Gasteiger partial charge in [0.05, 0.1) is 13.1 Å². The fourth-order valence-corrected chi connectivity index (χ4v) is 2.72. The van der Waals surface area contributed by atoms with E-state index in [0.29, 0.717) is 12.2 Å².